The van der Waals surface area contributed by atoms with Crippen LogP contribution in [0.2, 0.25) is 0 Å². The second kappa shape index (κ2) is 8.98. The van der Waals surface area contributed by atoms with Gasteiger partial charge in [0.15, 0.2) is 0 Å². The van der Waals surface area contributed by atoms with Crippen molar-refractivity contribution in [2.45, 2.75) is 19.3 Å². The average molecular weight is 391 g/mol. The second-order valence-corrected chi connectivity index (χ2v) is 6.83. The Morgan fingerprint density at radius 3 is 2.52 bits per heavy atom. The summed E-state index contributed by atoms with van der Waals surface area (Å²) in [6.45, 7) is 2.92. The van der Waals surface area contributed by atoms with E-state index in [4.69, 9.17) is 23.7 Å². The van der Waals surface area contributed by atoms with Gasteiger partial charge in [-0.15, -0.1) is 11.3 Å². The molecule has 1 fully saturated rings. The van der Waals surface area contributed by atoms with E-state index < -0.39 is 18.4 Å². The Morgan fingerprint density at radius 1 is 1.22 bits per heavy atom. The first-order valence-corrected chi connectivity index (χ1v) is 9.21. The summed E-state index contributed by atoms with van der Waals surface area (Å²) in [7, 11) is 3.15. The number of carbonyl (C=O) groups excluding carboxylic acids is 1. The molecule has 1 aliphatic heterocycles. The van der Waals surface area contributed by atoms with Crippen LogP contribution in [-0.2, 0) is 19.0 Å². The largest absolute Gasteiger partial charge is 0.497 e. The van der Waals surface area contributed by atoms with Gasteiger partial charge >= 0.3 is 5.97 Å². The van der Waals surface area contributed by atoms with Crippen molar-refractivity contribution in [1.29, 1.82) is 0 Å². The first-order valence-electron chi connectivity index (χ1n) is 8.39. The zero-order valence-electron chi connectivity index (χ0n) is 15.3. The highest BCUT2D eigenvalue weighted by molar-refractivity contribution is 7.11. The fourth-order valence-corrected chi connectivity index (χ4v) is 3.36. The fourth-order valence-electron chi connectivity index (χ4n) is 2.46. The molecule has 0 spiro atoms. The molecule has 1 atom stereocenters. The highest BCUT2D eigenvalue weighted by Crippen LogP contribution is 2.31. The maximum absolute atomic E-state index is 12.1. The molecule has 2 aromatic rings. The van der Waals surface area contributed by atoms with Crippen molar-refractivity contribution in [3.63, 3.8) is 0 Å². The van der Waals surface area contributed by atoms with Gasteiger partial charge in [-0.05, 0) is 30.7 Å². The van der Waals surface area contributed by atoms with E-state index in [1.165, 1.54) is 17.4 Å². The van der Waals surface area contributed by atoms with Crippen LogP contribution in [0.5, 0.6) is 11.5 Å². The lowest BCUT2D eigenvalue weighted by molar-refractivity contribution is -0.142. The van der Waals surface area contributed by atoms with Crippen LogP contribution in [0.25, 0.3) is 6.08 Å². The highest BCUT2D eigenvalue weighted by atomic mass is 32.1. The van der Waals surface area contributed by atoms with Crippen LogP contribution in [0, 0.1) is 0 Å². The molecule has 144 valence electrons. The van der Waals surface area contributed by atoms with Gasteiger partial charge in [-0.25, -0.2) is 9.78 Å². The number of hydrogen-bond donors (Lipinski definition) is 0. The van der Waals surface area contributed by atoms with Crippen molar-refractivity contribution in [3.05, 3.63) is 45.9 Å². The number of thiazole rings is 1. The Hall–Kier alpha value is -2.42. The zero-order chi connectivity index (χ0) is 19.2. The predicted molar refractivity (Wildman–Crippen MR) is 99.8 cm³/mol. The minimum Gasteiger partial charge on any atom is -0.497 e. The number of methoxy groups -OCH3 is 2. The molecule has 8 heteroatoms. The lowest BCUT2D eigenvalue weighted by Gasteiger charge is -2.09. The van der Waals surface area contributed by atoms with Crippen LogP contribution in [0.15, 0.2) is 30.5 Å². The summed E-state index contributed by atoms with van der Waals surface area (Å²) >= 11 is 1.41. The number of esters is 1. The third-order valence-corrected chi connectivity index (χ3v) is 5.02. The molecule has 3 rings (SSSR count). The van der Waals surface area contributed by atoms with Gasteiger partial charge in [-0.3, -0.25) is 0 Å². The summed E-state index contributed by atoms with van der Waals surface area (Å²) in [6, 6.07) is 5.36. The van der Waals surface area contributed by atoms with Crippen LogP contribution in [0.3, 0.4) is 0 Å². The lowest BCUT2D eigenvalue weighted by Crippen LogP contribution is -2.04. The van der Waals surface area contributed by atoms with E-state index in [1.54, 1.807) is 51.6 Å². The molecule has 1 unspecified atom stereocenters. The molecular formula is C19H21NO6S. The number of rotatable bonds is 7. The Labute approximate surface area is 161 Å². The molecule has 1 aromatic heterocycles. The summed E-state index contributed by atoms with van der Waals surface area (Å²) in [5.74, 6) is 0.834. The fraction of sp³-hybridized carbons (Fsp3) is 0.368. The third-order valence-electron chi connectivity index (χ3n) is 3.84. The van der Waals surface area contributed by atoms with E-state index >= 15 is 0 Å². The molecule has 0 saturated carbocycles. The second-order valence-electron chi connectivity index (χ2n) is 5.73. The number of nitrogens with zero attached hydrogens (tertiary/aromatic N) is 1. The molecule has 1 aliphatic rings. The van der Waals surface area contributed by atoms with Crippen molar-refractivity contribution < 1.29 is 28.5 Å². The number of carbonyl (C=O) groups is 1. The lowest BCUT2D eigenvalue weighted by atomic mass is 10.2. The Bertz CT molecular complexity index is 790. The zero-order valence-corrected chi connectivity index (χ0v) is 16.2. The molecule has 0 radical (unpaired) electrons. The summed E-state index contributed by atoms with van der Waals surface area (Å²) in [6.07, 6.45) is 3.86. The minimum absolute atomic E-state index is 0.422. The van der Waals surface area contributed by atoms with E-state index in [1.807, 2.05) is 0 Å². The first-order chi connectivity index (χ1) is 13.1. The number of aromatic nitrogens is 1. The van der Waals surface area contributed by atoms with Gasteiger partial charge in [-0.1, -0.05) is 0 Å². The van der Waals surface area contributed by atoms with Crippen LogP contribution < -0.4 is 9.47 Å². The molecule has 27 heavy (non-hydrogen) atoms. The molecule has 1 saturated heterocycles. The quantitative estimate of drug-likeness (QED) is 0.528. The number of ether oxygens (including phenoxy) is 5. The minimum atomic E-state index is -0.451. The van der Waals surface area contributed by atoms with Crippen molar-refractivity contribution in [3.8, 4) is 11.5 Å². The molecule has 0 N–H and O–H groups in total. The van der Waals surface area contributed by atoms with E-state index in [0.29, 0.717) is 24.7 Å². The maximum Gasteiger partial charge on any atom is 0.331 e. The van der Waals surface area contributed by atoms with E-state index in [-0.39, 0.29) is 0 Å². The van der Waals surface area contributed by atoms with Crippen LogP contribution in [0.4, 0.5) is 0 Å². The molecule has 0 amide bonds. The Kier molecular flexibility index (Phi) is 6.44. The van der Waals surface area contributed by atoms with E-state index in [2.05, 4.69) is 4.98 Å². The van der Waals surface area contributed by atoms with Gasteiger partial charge in [0.05, 0.1) is 32.3 Å². The smallest absolute Gasteiger partial charge is 0.331 e. The van der Waals surface area contributed by atoms with E-state index in [0.717, 1.165) is 15.4 Å². The predicted octanol–water partition coefficient (Wildman–Crippen LogP) is 3.52. The van der Waals surface area contributed by atoms with Crippen LogP contribution in [-0.4, -0.2) is 38.4 Å². The van der Waals surface area contributed by atoms with Gasteiger partial charge in [0.25, 0.3) is 0 Å². The maximum atomic E-state index is 12.1. The van der Waals surface area contributed by atoms with Crippen molar-refractivity contribution in [2.24, 2.45) is 0 Å². The third kappa shape index (κ3) is 5.06. The number of benzene rings is 1. The van der Waals surface area contributed by atoms with Gasteiger partial charge in [0.1, 0.15) is 22.6 Å². The first kappa shape index (κ1) is 19.3. The SMILES string of the molecule is COc1cc(/C=C/C(=O)OC(C)c2cnc(C3OCCO3)s2)cc(OC)c1. The summed E-state index contributed by atoms with van der Waals surface area (Å²) in [4.78, 5) is 17.3. The van der Waals surface area contributed by atoms with Gasteiger partial charge < -0.3 is 23.7 Å². The van der Waals surface area contributed by atoms with Crippen LogP contribution >= 0.6 is 11.3 Å². The summed E-state index contributed by atoms with van der Waals surface area (Å²) in [5, 5.41) is 0.726. The van der Waals surface area contributed by atoms with Gasteiger partial charge in [-0.2, -0.15) is 0 Å². The molecule has 1 aromatic carbocycles. The Morgan fingerprint density at radius 2 is 1.89 bits per heavy atom. The summed E-state index contributed by atoms with van der Waals surface area (Å²) in [5.41, 5.74) is 0.770. The molecule has 7 nitrogen and oxygen atoms in total. The molecule has 0 bridgehead atoms. The van der Waals surface area contributed by atoms with Crippen LogP contribution in [0.1, 0.15) is 34.8 Å². The normalized spacial score (nSPS) is 15.8. The van der Waals surface area contributed by atoms with Gasteiger partial charge in [0.2, 0.25) is 6.29 Å². The number of hydrogen-bond acceptors (Lipinski definition) is 8. The monoisotopic (exact) mass is 391 g/mol. The molecule has 2 heterocycles. The average Bonchev–Trinajstić information content (AvgIpc) is 3.37. The Balaban J connectivity index is 1.60. The highest BCUT2D eigenvalue weighted by Gasteiger charge is 2.23. The molecular weight excluding hydrogens is 370 g/mol. The summed E-state index contributed by atoms with van der Waals surface area (Å²) < 4.78 is 26.7. The topological polar surface area (TPSA) is 76.1 Å². The standard InChI is InChI=1S/C19H21NO6S/c1-12(16-11-20-18(27-16)19-24-6-7-25-19)26-17(21)5-4-13-8-14(22-2)10-15(9-13)23-3/h4-5,8-12,19H,6-7H2,1-3H3/b5-4+. The van der Waals surface area contributed by atoms with Gasteiger partial charge in [0, 0.05) is 18.3 Å². The van der Waals surface area contributed by atoms with Crippen molar-refractivity contribution in [2.75, 3.05) is 27.4 Å². The van der Waals surface area contributed by atoms with E-state index in [9.17, 15) is 4.79 Å². The van der Waals surface area contributed by atoms with Crippen molar-refractivity contribution >= 4 is 23.4 Å². The molecule has 0 aliphatic carbocycles. The van der Waals surface area contributed by atoms with Crippen molar-refractivity contribution in [1.82, 2.24) is 4.98 Å².